The van der Waals surface area contributed by atoms with Crippen molar-refractivity contribution in [3.63, 3.8) is 0 Å². The second-order valence-electron chi connectivity index (χ2n) is 4.96. The van der Waals surface area contributed by atoms with Crippen molar-refractivity contribution >= 4 is 0 Å². The van der Waals surface area contributed by atoms with Gasteiger partial charge in [0, 0.05) is 6.61 Å². The molecule has 3 heteroatoms. The van der Waals surface area contributed by atoms with Crippen LogP contribution in [0.25, 0.3) is 0 Å². The van der Waals surface area contributed by atoms with E-state index < -0.39 is 0 Å². The summed E-state index contributed by atoms with van der Waals surface area (Å²) < 4.78 is 16.3. The molecule has 0 spiro atoms. The maximum Gasteiger partial charge on any atom is 0.119 e. The minimum absolute atomic E-state index is 0.560. The molecule has 2 aromatic rings. The molecule has 0 aliphatic rings. The predicted octanol–water partition coefficient (Wildman–Crippen LogP) is 3.71. The normalized spacial score (nSPS) is 10.6. The van der Waals surface area contributed by atoms with Crippen LogP contribution in [0, 0.1) is 0 Å². The van der Waals surface area contributed by atoms with Crippen LogP contribution >= 0.6 is 0 Å². The average Bonchev–Trinajstić information content (AvgIpc) is 2.56. The summed E-state index contributed by atoms with van der Waals surface area (Å²) in [7, 11) is 0. The molecule has 0 N–H and O–H groups in total. The van der Waals surface area contributed by atoms with Gasteiger partial charge in [0.15, 0.2) is 0 Å². The summed E-state index contributed by atoms with van der Waals surface area (Å²) in [5.41, 5.74) is 2.60. The summed E-state index contributed by atoms with van der Waals surface area (Å²) in [6.07, 6.45) is 0.946. The van der Waals surface area contributed by atoms with Gasteiger partial charge in [0.1, 0.15) is 12.4 Å². The monoisotopic (exact) mass is 300 g/mol. The van der Waals surface area contributed by atoms with E-state index in [1.165, 1.54) is 11.1 Å². The van der Waals surface area contributed by atoms with Gasteiger partial charge in [-0.25, -0.2) is 0 Å². The summed E-state index contributed by atoms with van der Waals surface area (Å²) in [6.45, 7) is 5.11. The van der Waals surface area contributed by atoms with Crippen LogP contribution in [0.5, 0.6) is 5.75 Å². The number of benzene rings is 2. The molecule has 0 saturated carbocycles. The smallest absolute Gasteiger partial charge is 0.119 e. The zero-order chi connectivity index (χ0) is 15.5. The molecule has 0 aromatic heterocycles. The van der Waals surface area contributed by atoms with E-state index in [9.17, 15) is 0 Å². The van der Waals surface area contributed by atoms with E-state index in [0.717, 1.165) is 18.8 Å². The Balaban J connectivity index is 1.66. The standard InChI is InChI=1S/C19H24O3/c1-2-20-12-13-21-14-15-22-19-10-8-18(9-11-19)16-17-6-4-3-5-7-17/h3-11H,2,12-16H2,1H3. The summed E-state index contributed by atoms with van der Waals surface area (Å²) in [6, 6.07) is 18.7. The third-order valence-corrected chi connectivity index (χ3v) is 3.25. The van der Waals surface area contributed by atoms with Gasteiger partial charge in [-0.15, -0.1) is 0 Å². The number of rotatable bonds is 10. The van der Waals surface area contributed by atoms with Crippen LogP contribution in [0.4, 0.5) is 0 Å². The molecule has 22 heavy (non-hydrogen) atoms. The third-order valence-electron chi connectivity index (χ3n) is 3.25. The molecular weight excluding hydrogens is 276 g/mol. The maximum atomic E-state index is 5.65. The van der Waals surface area contributed by atoms with Gasteiger partial charge in [-0.05, 0) is 36.6 Å². The van der Waals surface area contributed by atoms with Crippen LogP contribution in [-0.4, -0.2) is 33.0 Å². The van der Waals surface area contributed by atoms with Crippen molar-refractivity contribution in [2.75, 3.05) is 33.0 Å². The zero-order valence-corrected chi connectivity index (χ0v) is 13.2. The molecular formula is C19H24O3. The lowest BCUT2D eigenvalue weighted by molar-refractivity contribution is 0.0405. The Morgan fingerprint density at radius 1 is 0.682 bits per heavy atom. The average molecular weight is 300 g/mol. The van der Waals surface area contributed by atoms with E-state index in [4.69, 9.17) is 14.2 Å². The van der Waals surface area contributed by atoms with Crippen LogP contribution in [0.1, 0.15) is 18.1 Å². The van der Waals surface area contributed by atoms with Crippen LogP contribution in [-0.2, 0) is 15.9 Å². The van der Waals surface area contributed by atoms with Crippen molar-refractivity contribution in [2.24, 2.45) is 0 Å². The molecule has 0 unspecified atom stereocenters. The second-order valence-corrected chi connectivity index (χ2v) is 4.96. The minimum atomic E-state index is 0.560. The molecule has 0 amide bonds. The molecule has 0 saturated heterocycles. The molecule has 0 fully saturated rings. The molecule has 2 aromatic carbocycles. The zero-order valence-electron chi connectivity index (χ0n) is 13.2. The van der Waals surface area contributed by atoms with Crippen LogP contribution in [0.15, 0.2) is 54.6 Å². The highest BCUT2D eigenvalue weighted by Gasteiger charge is 1.98. The summed E-state index contributed by atoms with van der Waals surface area (Å²) >= 11 is 0. The molecule has 118 valence electrons. The molecule has 0 radical (unpaired) electrons. The first-order valence-corrected chi connectivity index (χ1v) is 7.79. The molecule has 2 rings (SSSR count). The highest BCUT2D eigenvalue weighted by atomic mass is 16.5. The lowest BCUT2D eigenvalue weighted by atomic mass is 10.1. The summed E-state index contributed by atoms with van der Waals surface area (Å²) in [5.74, 6) is 0.880. The van der Waals surface area contributed by atoms with E-state index in [0.29, 0.717) is 26.4 Å². The van der Waals surface area contributed by atoms with Gasteiger partial charge in [0.25, 0.3) is 0 Å². The topological polar surface area (TPSA) is 27.7 Å². The summed E-state index contributed by atoms with van der Waals surface area (Å²) in [5, 5.41) is 0. The van der Waals surface area contributed by atoms with E-state index in [1.807, 2.05) is 25.1 Å². The quantitative estimate of drug-likeness (QED) is 0.626. The van der Waals surface area contributed by atoms with Crippen molar-refractivity contribution in [2.45, 2.75) is 13.3 Å². The minimum Gasteiger partial charge on any atom is -0.491 e. The fourth-order valence-corrected chi connectivity index (χ4v) is 2.12. The van der Waals surface area contributed by atoms with E-state index in [-0.39, 0.29) is 0 Å². The van der Waals surface area contributed by atoms with Gasteiger partial charge in [0.05, 0.1) is 19.8 Å². The highest BCUT2D eigenvalue weighted by Crippen LogP contribution is 2.15. The molecule has 3 nitrogen and oxygen atoms in total. The van der Waals surface area contributed by atoms with Crippen molar-refractivity contribution < 1.29 is 14.2 Å². The first-order chi connectivity index (χ1) is 10.9. The maximum absolute atomic E-state index is 5.65. The fraction of sp³-hybridized carbons (Fsp3) is 0.368. The first kappa shape index (κ1) is 16.5. The van der Waals surface area contributed by atoms with Crippen molar-refractivity contribution in [1.29, 1.82) is 0 Å². The van der Waals surface area contributed by atoms with Crippen LogP contribution in [0.2, 0.25) is 0 Å². The lowest BCUT2D eigenvalue weighted by Crippen LogP contribution is -2.10. The number of hydrogen-bond acceptors (Lipinski definition) is 3. The second kappa shape index (κ2) is 9.98. The van der Waals surface area contributed by atoms with Gasteiger partial charge in [-0.3, -0.25) is 0 Å². The lowest BCUT2D eigenvalue weighted by Gasteiger charge is -2.08. The van der Waals surface area contributed by atoms with E-state index >= 15 is 0 Å². The number of hydrogen-bond donors (Lipinski definition) is 0. The van der Waals surface area contributed by atoms with E-state index in [2.05, 4.69) is 36.4 Å². The Bertz CT molecular complexity index is 508. The van der Waals surface area contributed by atoms with Crippen molar-refractivity contribution in [1.82, 2.24) is 0 Å². The van der Waals surface area contributed by atoms with Gasteiger partial charge in [0.2, 0.25) is 0 Å². The van der Waals surface area contributed by atoms with Crippen LogP contribution in [0.3, 0.4) is 0 Å². The first-order valence-electron chi connectivity index (χ1n) is 7.79. The SMILES string of the molecule is CCOCCOCCOc1ccc(Cc2ccccc2)cc1. The summed E-state index contributed by atoms with van der Waals surface area (Å²) in [4.78, 5) is 0. The Morgan fingerprint density at radius 3 is 2.05 bits per heavy atom. The molecule has 0 bridgehead atoms. The largest absolute Gasteiger partial charge is 0.491 e. The van der Waals surface area contributed by atoms with Gasteiger partial charge >= 0.3 is 0 Å². The van der Waals surface area contributed by atoms with Crippen molar-refractivity contribution in [3.05, 3.63) is 65.7 Å². The van der Waals surface area contributed by atoms with Gasteiger partial charge in [-0.2, -0.15) is 0 Å². The van der Waals surface area contributed by atoms with E-state index in [1.54, 1.807) is 0 Å². The Labute approximate surface area is 132 Å². The van der Waals surface area contributed by atoms with Gasteiger partial charge < -0.3 is 14.2 Å². The molecule has 0 aliphatic carbocycles. The Morgan fingerprint density at radius 2 is 1.32 bits per heavy atom. The van der Waals surface area contributed by atoms with Gasteiger partial charge in [-0.1, -0.05) is 42.5 Å². The molecule has 0 aliphatic heterocycles. The van der Waals surface area contributed by atoms with Crippen molar-refractivity contribution in [3.8, 4) is 5.75 Å². The number of ether oxygens (including phenoxy) is 3. The predicted molar refractivity (Wildman–Crippen MR) is 88.5 cm³/mol. The Hall–Kier alpha value is -1.84. The fourth-order valence-electron chi connectivity index (χ4n) is 2.12. The Kier molecular flexibility index (Phi) is 7.50. The molecule has 0 atom stereocenters. The highest BCUT2D eigenvalue weighted by molar-refractivity contribution is 5.31. The third kappa shape index (κ3) is 6.29. The molecule has 0 heterocycles. The van der Waals surface area contributed by atoms with Crippen LogP contribution < -0.4 is 4.74 Å².